The van der Waals surface area contributed by atoms with E-state index in [4.69, 9.17) is 14.7 Å². The Morgan fingerprint density at radius 3 is 2.42 bits per heavy atom. The molecule has 1 fully saturated rings. The highest BCUT2D eigenvalue weighted by Crippen LogP contribution is 2.34. The molecule has 6 rings (SSSR count). The van der Waals surface area contributed by atoms with Gasteiger partial charge in [-0.3, -0.25) is 4.90 Å². The highest BCUT2D eigenvalue weighted by atomic mass is 32.2. The van der Waals surface area contributed by atoms with Crippen LogP contribution in [0.4, 0.5) is 11.6 Å². The van der Waals surface area contributed by atoms with E-state index < -0.39 is 10.0 Å². The number of rotatable bonds is 8. The van der Waals surface area contributed by atoms with Crippen molar-refractivity contribution in [2.24, 2.45) is 0 Å². The van der Waals surface area contributed by atoms with Gasteiger partial charge in [-0.25, -0.2) is 17.4 Å². The summed E-state index contributed by atoms with van der Waals surface area (Å²) in [6, 6.07) is 18.9. The monoisotopic (exact) mass is 573 g/mol. The molecule has 0 radical (unpaired) electrons. The number of anilines is 2. The Bertz CT molecular complexity index is 1740. The number of ether oxygens (including phenoxy) is 1. The molecule has 0 bridgehead atoms. The van der Waals surface area contributed by atoms with E-state index in [1.165, 1.54) is 15.1 Å². The van der Waals surface area contributed by atoms with Crippen LogP contribution in [0.15, 0.2) is 77.1 Å². The first-order valence-electron chi connectivity index (χ1n) is 13.4. The average Bonchev–Trinajstić information content (AvgIpc) is 3.62. The Kier molecular flexibility index (Phi) is 7.41. The van der Waals surface area contributed by atoms with E-state index >= 15 is 0 Å². The Hall–Kier alpha value is -3.57. The highest BCUT2D eigenvalue weighted by Gasteiger charge is 2.23. The summed E-state index contributed by atoms with van der Waals surface area (Å²) >= 11 is 1.60. The fourth-order valence-corrected chi connectivity index (χ4v) is 7.07. The molecule has 2 aromatic carbocycles. The molecule has 1 saturated heterocycles. The van der Waals surface area contributed by atoms with Crippen LogP contribution in [-0.4, -0.2) is 53.6 Å². The van der Waals surface area contributed by atoms with E-state index in [2.05, 4.69) is 40.7 Å². The van der Waals surface area contributed by atoms with Gasteiger partial charge >= 0.3 is 0 Å². The number of hydrogen-bond acceptors (Lipinski definition) is 8. The molecule has 0 aliphatic carbocycles. The van der Waals surface area contributed by atoms with Gasteiger partial charge in [0.2, 0.25) is 5.95 Å². The molecular formula is C30H31N5O3S2. The van der Waals surface area contributed by atoms with Crippen LogP contribution in [0.25, 0.3) is 21.6 Å². The zero-order valence-electron chi connectivity index (χ0n) is 22.5. The summed E-state index contributed by atoms with van der Waals surface area (Å²) in [5, 5.41) is 6.12. The SMILES string of the molecule is CCc1csc(-c2nc(Nc3ccc(CN4CCOCC4)cc3)nc3c2ccn3S(=O)(=O)c2ccc(C)cc2)c1. The van der Waals surface area contributed by atoms with Crippen molar-refractivity contribution in [1.82, 2.24) is 18.8 Å². The maximum atomic E-state index is 13.7. The predicted molar refractivity (Wildman–Crippen MR) is 160 cm³/mol. The topological polar surface area (TPSA) is 89.3 Å². The molecular weight excluding hydrogens is 542 g/mol. The molecule has 4 heterocycles. The quantitative estimate of drug-likeness (QED) is 0.249. The van der Waals surface area contributed by atoms with Crippen LogP contribution in [0.3, 0.4) is 0 Å². The number of morpholine rings is 1. The Labute approximate surface area is 238 Å². The molecule has 8 nitrogen and oxygen atoms in total. The Morgan fingerprint density at radius 1 is 0.975 bits per heavy atom. The van der Waals surface area contributed by atoms with E-state index in [0.29, 0.717) is 22.7 Å². The summed E-state index contributed by atoms with van der Waals surface area (Å²) in [7, 11) is -3.86. The van der Waals surface area contributed by atoms with Crippen LogP contribution in [0.1, 0.15) is 23.6 Å². The maximum absolute atomic E-state index is 13.7. The molecule has 206 valence electrons. The summed E-state index contributed by atoms with van der Waals surface area (Å²) in [4.78, 5) is 13.1. The largest absolute Gasteiger partial charge is 0.379 e. The van der Waals surface area contributed by atoms with Gasteiger partial charge in [0.1, 0.15) is 0 Å². The van der Waals surface area contributed by atoms with Crippen LogP contribution >= 0.6 is 11.3 Å². The van der Waals surface area contributed by atoms with Gasteiger partial charge in [-0.2, -0.15) is 4.98 Å². The Balaban J connectivity index is 1.38. The second-order valence-corrected chi connectivity index (χ2v) is 12.7. The van der Waals surface area contributed by atoms with Gasteiger partial charge in [0.25, 0.3) is 10.0 Å². The van der Waals surface area contributed by atoms with Crippen molar-refractivity contribution in [2.75, 3.05) is 31.6 Å². The normalized spacial score (nSPS) is 14.6. The molecule has 1 aliphatic rings. The Morgan fingerprint density at radius 2 is 1.73 bits per heavy atom. The summed E-state index contributed by atoms with van der Waals surface area (Å²) in [6.45, 7) is 8.33. The van der Waals surface area contributed by atoms with Crippen molar-refractivity contribution in [3.8, 4) is 10.6 Å². The van der Waals surface area contributed by atoms with E-state index in [1.807, 2.05) is 19.1 Å². The van der Waals surface area contributed by atoms with E-state index in [0.717, 1.165) is 55.4 Å². The van der Waals surface area contributed by atoms with Gasteiger partial charge in [0.15, 0.2) is 5.65 Å². The van der Waals surface area contributed by atoms with Crippen molar-refractivity contribution < 1.29 is 13.2 Å². The fourth-order valence-electron chi connectivity index (χ4n) is 4.78. The van der Waals surface area contributed by atoms with Crippen LogP contribution in [0.2, 0.25) is 0 Å². The van der Waals surface area contributed by atoms with Crippen molar-refractivity contribution in [3.05, 3.63) is 88.9 Å². The van der Waals surface area contributed by atoms with Crippen LogP contribution in [0, 0.1) is 6.92 Å². The second-order valence-electron chi connectivity index (χ2n) is 9.95. The third kappa shape index (κ3) is 5.40. The van der Waals surface area contributed by atoms with Crippen LogP contribution in [0.5, 0.6) is 0 Å². The minimum Gasteiger partial charge on any atom is -0.379 e. The molecule has 40 heavy (non-hydrogen) atoms. The number of hydrogen-bond donors (Lipinski definition) is 1. The average molecular weight is 574 g/mol. The summed E-state index contributed by atoms with van der Waals surface area (Å²) in [5.41, 5.74) is 5.29. The first-order valence-corrected chi connectivity index (χ1v) is 15.7. The standard InChI is InChI=1S/C30H31N5O3S2/c1-3-22-18-27(39-20-22)28-26-12-13-35(40(36,37)25-10-4-21(2)5-11-25)29(26)33-30(32-28)31-24-8-6-23(7-9-24)19-34-14-16-38-17-15-34/h4-13,18,20H,3,14-17,19H2,1-2H3,(H,31,32,33). The summed E-state index contributed by atoms with van der Waals surface area (Å²) in [5.74, 6) is 0.342. The number of fused-ring (bicyclic) bond motifs is 1. The molecule has 0 saturated carbocycles. The van der Waals surface area contributed by atoms with Crippen molar-refractivity contribution >= 4 is 44.0 Å². The number of aromatic nitrogens is 3. The lowest BCUT2D eigenvalue weighted by Gasteiger charge is -2.26. The number of aryl methyl sites for hydroxylation is 2. The maximum Gasteiger partial charge on any atom is 0.269 e. The van der Waals surface area contributed by atoms with Crippen molar-refractivity contribution in [2.45, 2.75) is 31.7 Å². The zero-order valence-corrected chi connectivity index (χ0v) is 24.1. The minimum atomic E-state index is -3.86. The molecule has 1 N–H and O–H groups in total. The van der Waals surface area contributed by atoms with E-state index in [1.54, 1.807) is 47.9 Å². The van der Waals surface area contributed by atoms with Gasteiger partial charge in [0.05, 0.1) is 28.7 Å². The lowest BCUT2D eigenvalue weighted by atomic mass is 10.2. The molecule has 0 amide bonds. The molecule has 0 spiro atoms. The number of nitrogens with one attached hydrogen (secondary N) is 1. The molecule has 10 heteroatoms. The lowest BCUT2D eigenvalue weighted by Crippen LogP contribution is -2.35. The molecule has 1 aliphatic heterocycles. The zero-order chi connectivity index (χ0) is 27.7. The van der Waals surface area contributed by atoms with E-state index in [-0.39, 0.29) is 4.90 Å². The van der Waals surface area contributed by atoms with Gasteiger partial charge < -0.3 is 10.1 Å². The minimum absolute atomic E-state index is 0.213. The van der Waals surface area contributed by atoms with Crippen LogP contribution < -0.4 is 5.32 Å². The van der Waals surface area contributed by atoms with Gasteiger partial charge in [0, 0.05) is 36.9 Å². The smallest absolute Gasteiger partial charge is 0.269 e. The first kappa shape index (κ1) is 26.6. The lowest BCUT2D eigenvalue weighted by molar-refractivity contribution is 0.0342. The summed E-state index contributed by atoms with van der Waals surface area (Å²) in [6.07, 6.45) is 2.48. The predicted octanol–water partition coefficient (Wildman–Crippen LogP) is 5.84. The molecule has 0 atom stereocenters. The first-order chi connectivity index (χ1) is 19.4. The van der Waals surface area contributed by atoms with Gasteiger partial charge in [-0.15, -0.1) is 11.3 Å². The fraction of sp³-hybridized carbons (Fsp3) is 0.267. The second kappa shape index (κ2) is 11.1. The number of nitrogens with zero attached hydrogens (tertiary/aromatic N) is 4. The highest BCUT2D eigenvalue weighted by molar-refractivity contribution is 7.90. The molecule has 5 aromatic rings. The van der Waals surface area contributed by atoms with Crippen molar-refractivity contribution in [3.63, 3.8) is 0 Å². The summed E-state index contributed by atoms with van der Waals surface area (Å²) < 4.78 is 34.0. The third-order valence-corrected chi connectivity index (χ3v) is 9.77. The van der Waals surface area contributed by atoms with Crippen LogP contribution in [-0.2, 0) is 27.7 Å². The molecule has 0 unspecified atom stereocenters. The van der Waals surface area contributed by atoms with Crippen molar-refractivity contribution in [1.29, 1.82) is 0 Å². The molecule has 3 aromatic heterocycles. The number of benzene rings is 2. The number of thiophene rings is 1. The van der Waals surface area contributed by atoms with Gasteiger partial charge in [-0.1, -0.05) is 36.8 Å². The third-order valence-electron chi connectivity index (χ3n) is 7.10. The van der Waals surface area contributed by atoms with E-state index in [9.17, 15) is 8.42 Å². The van der Waals surface area contributed by atoms with Gasteiger partial charge in [-0.05, 0) is 66.2 Å².